The molecule has 2 aliphatic heterocycles. The van der Waals surface area contributed by atoms with Crippen molar-refractivity contribution < 1.29 is 4.79 Å². The molecule has 0 radical (unpaired) electrons. The summed E-state index contributed by atoms with van der Waals surface area (Å²) in [5, 5.41) is 0. The minimum Gasteiger partial charge on any atom is -0.340 e. The van der Waals surface area contributed by atoms with Gasteiger partial charge in [0, 0.05) is 70.7 Å². The van der Waals surface area contributed by atoms with Gasteiger partial charge in [-0.15, -0.1) is 0 Å². The fourth-order valence-corrected chi connectivity index (χ4v) is 3.98. The first-order valence-corrected chi connectivity index (χ1v) is 8.70. The van der Waals surface area contributed by atoms with E-state index in [-0.39, 0.29) is 5.91 Å². The minimum atomic E-state index is 0.205. The Morgan fingerprint density at radius 1 is 1.26 bits per heavy atom. The van der Waals surface area contributed by atoms with Crippen molar-refractivity contribution in [1.29, 1.82) is 0 Å². The highest BCUT2D eigenvalue weighted by atomic mass is 16.2. The molecule has 2 saturated heterocycles. The van der Waals surface area contributed by atoms with E-state index in [2.05, 4.69) is 34.7 Å². The average molecular weight is 316 g/mol. The molecule has 1 aromatic heterocycles. The van der Waals surface area contributed by atoms with Crippen LogP contribution in [0.3, 0.4) is 0 Å². The molecule has 5 heteroatoms. The zero-order chi connectivity index (χ0) is 16.4. The highest BCUT2D eigenvalue weighted by molar-refractivity contribution is 5.73. The van der Waals surface area contributed by atoms with E-state index in [1.807, 2.05) is 23.4 Å². The summed E-state index contributed by atoms with van der Waals surface area (Å²) in [7, 11) is 0. The largest absolute Gasteiger partial charge is 0.340 e. The SMILES string of the molecule is CC(=O)N1CCN([C@@H]2CN([C@H](C)c3cccnc3)C[C@@H]2C)CC1. The Kier molecular flexibility index (Phi) is 4.97. The highest BCUT2D eigenvalue weighted by Gasteiger charge is 2.37. The van der Waals surface area contributed by atoms with Crippen molar-refractivity contribution in [3.63, 3.8) is 0 Å². The van der Waals surface area contributed by atoms with Crippen LogP contribution in [0.4, 0.5) is 0 Å². The molecule has 0 N–H and O–H groups in total. The fraction of sp³-hybridized carbons (Fsp3) is 0.667. The van der Waals surface area contributed by atoms with E-state index in [0.717, 1.165) is 39.3 Å². The van der Waals surface area contributed by atoms with Crippen LogP contribution in [0.1, 0.15) is 32.4 Å². The third-order valence-electron chi connectivity index (χ3n) is 5.54. The summed E-state index contributed by atoms with van der Waals surface area (Å²) in [6.45, 7) is 12.3. The van der Waals surface area contributed by atoms with Crippen LogP contribution in [0.25, 0.3) is 0 Å². The van der Waals surface area contributed by atoms with Gasteiger partial charge in [-0.3, -0.25) is 19.6 Å². The number of nitrogens with zero attached hydrogens (tertiary/aromatic N) is 4. The van der Waals surface area contributed by atoms with E-state index in [0.29, 0.717) is 18.0 Å². The lowest BCUT2D eigenvalue weighted by Gasteiger charge is -2.39. The van der Waals surface area contributed by atoms with Gasteiger partial charge in [0.05, 0.1) is 0 Å². The molecule has 3 heterocycles. The van der Waals surface area contributed by atoms with Crippen LogP contribution in [-0.4, -0.2) is 70.9 Å². The van der Waals surface area contributed by atoms with Gasteiger partial charge >= 0.3 is 0 Å². The lowest BCUT2D eigenvalue weighted by molar-refractivity contribution is -0.130. The Morgan fingerprint density at radius 2 is 2.00 bits per heavy atom. The number of aromatic nitrogens is 1. The summed E-state index contributed by atoms with van der Waals surface area (Å²) in [6.07, 6.45) is 3.81. The Morgan fingerprint density at radius 3 is 2.61 bits per heavy atom. The zero-order valence-electron chi connectivity index (χ0n) is 14.5. The molecule has 5 nitrogen and oxygen atoms in total. The number of rotatable bonds is 3. The molecule has 2 fully saturated rings. The molecule has 0 saturated carbocycles. The zero-order valence-corrected chi connectivity index (χ0v) is 14.5. The monoisotopic (exact) mass is 316 g/mol. The number of pyridine rings is 1. The molecule has 0 aromatic carbocycles. The van der Waals surface area contributed by atoms with Gasteiger partial charge < -0.3 is 4.90 Å². The summed E-state index contributed by atoms with van der Waals surface area (Å²) in [6, 6.07) is 5.20. The van der Waals surface area contributed by atoms with Crippen molar-refractivity contribution >= 4 is 5.91 Å². The molecule has 2 aliphatic rings. The number of carbonyl (C=O) groups is 1. The summed E-state index contributed by atoms with van der Waals surface area (Å²) in [5.41, 5.74) is 1.29. The second-order valence-corrected chi connectivity index (χ2v) is 7.00. The lowest BCUT2D eigenvalue weighted by atomic mass is 10.0. The molecule has 0 bridgehead atoms. The molecule has 126 valence electrons. The Hall–Kier alpha value is -1.46. The van der Waals surface area contributed by atoms with Crippen LogP contribution in [0, 0.1) is 5.92 Å². The van der Waals surface area contributed by atoms with Crippen molar-refractivity contribution in [2.45, 2.75) is 32.9 Å². The van der Waals surface area contributed by atoms with E-state index >= 15 is 0 Å². The predicted octanol–water partition coefficient (Wildman–Crippen LogP) is 1.63. The molecule has 3 atom stereocenters. The van der Waals surface area contributed by atoms with Gasteiger partial charge in [-0.25, -0.2) is 0 Å². The van der Waals surface area contributed by atoms with Crippen LogP contribution in [0.5, 0.6) is 0 Å². The first-order chi connectivity index (χ1) is 11.1. The van der Waals surface area contributed by atoms with Crippen molar-refractivity contribution in [1.82, 2.24) is 19.7 Å². The van der Waals surface area contributed by atoms with Gasteiger partial charge in [-0.2, -0.15) is 0 Å². The molecule has 1 amide bonds. The van der Waals surface area contributed by atoms with Crippen molar-refractivity contribution in [3.8, 4) is 0 Å². The van der Waals surface area contributed by atoms with E-state index in [9.17, 15) is 4.79 Å². The van der Waals surface area contributed by atoms with Crippen molar-refractivity contribution in [3.05, 3.63) is 30.1 Å². The van der Waals surface area contributed by atoms with E-state index in [1.54, 1.807) is 6.92 Å². The highest BCUT2D eigenvalue weighted by Crippen LogP contribution is 2.30. The topological polar surface area (TPSA) is 39.7 Å². The van der Waals surface area contributed by atoms with Gasteiger partial charge in [0.25, 0.3) is 0 Å². The van der Waals surface area contributed by atoms with Gasteiger partial charge in [0.1, 0.15) is 0 Å². The molecule has 0 spiro atoms. The van der Waals surface area contributed by atoms with Gasteiger partial charge in [-0.05, 0) is 24.5 Å². The summed E-state index contributed by atoms with van der Waals surface area (Å²) in [4.78, 5) is 22.9. The first-order valence-electron chi connectivity index (χ1n) is 8.70. The Labute approximate surface area is 139 Å². The predicted molar refractivity (Wildman–Crippen MR) is 91.0 cm³/mol. The molecule has 3 rings (SSSR count). The summed E-state index contributed by atoms with van der Waals surface area (Å²) < 4.78 is 0. The molecule has 1 aromatic rings. The number of piperazine rings is 1. The quantitative estimate of drug-likeness (QED) is 0.850. The summed E-state index contributed by atoms with van der Waals surface area (Å²) >= 11 is 0. The fourth-order valence-electron chi connectivity index (χ4n) is 3.98. The second-order valence-electron chi connectivity index (χ2n) is 7.00. The van der Waals surface area contributed by atoms with Crippen LogP contribution >= 0.6 is 0 Å². The molecule has 0 aliphatic carbocycles. The van der Waals surface area contributed by atoms with E-state index in [4.69, 9.17) is 0 Å². The van der Waals surface area contributed by atoms with Gasteiger partial charge in [0.15, 0.2) is 0 Å². The molecule has 0 unspecified atom stereocenters. The second kappa shape index (κ2) is 6.97. The maximum Gasteiger partial charge on any atom is 0.219 e. The van der Waals surface area contributed by atoms with Crippen LogP contribution in [-0.2, 0) is 4.79 Å². The third-order valence-corrected chi connectivity index (χ3v) is 5.54. The number of hydrogen-bond donors (Lipinski definition) is 0. The average Bonchev–Trinajstić information content (AvgIpc) is 2.97. The number of hydrogen-bond acceptors (Lipinski definition) is 4. The van der Waals surface area contributed by atoms with Gasteiger partial charge in [-0.1, -0.05) is 13.0 Å². The Bertz CT molecular complexity index is 527. The van der Waals surface area contributed by atoms with Crippen LogP contribution < -0.4 is 0 Å². The molecular weight excluding hydrogens is 288 g/mol. The standard InChI is InChI=1S/C18H28N4O/c1-14-12-22(15(2)17-5-4-6-19-11-17)13-18(14)21-9-7-20(8-10-21)16(3)23/h4-6,11,14-15,18H,7-10,12-13H2,1-3H3/t14-,15+,18+/m0/s1. The maximum atomic E-state index is 11.5. The first kappa shape index (κ1) is 16.4. The smallest absolute Gasteiger partial charge is 0.219 e. The van der Waals surface area contributed by atoms with Crippen molar-refractivity contribution in [2.75, 3.05) is 39.3 Å². The molecule has 23 heavy (non-hydrogen) atoms. The summed E-state index contributed by atoms with van der Waals surface area (Å²) in [5.74, 6) is 0.869. The van der Waals surface area contributed by atoms with E-state index in [1.165, 1.54) is 5.56 Å². The van der Waals surface area contributed by atoms with Gasteiger partial charge in [0.2, 0.25) is 5.91 Å². The normalized spacial score (nSPS) is 28.0. The van der Waals surface area contributed by atoms with Crippen LogP contribution in [0.15, 0.2) is 24.5 Å². The van der Waals surface area contributed by atoms with Crippen molar-refractivity contribution in [2.24, 2.45) is 5.92 Å². The molecular formula is C18H28N4O. The number of carbonyl (C=O) groups excluding carboxylic acids is 1. The number of amides is 1. The van der Waals surface area contributed by atoms with Crippen LogP contribution in [0.2, 0.25) is 0 Å². The Balaban J connectivity index is 1.60. The minimum absolute atomic E-state index is 0.205. The maximum absolute atomic E-state index is 11.5. The number of likely N-dealkylation sites (tertiary alicyclic amines) is 1. The lowest BCUT2D eigenvalue weighted by Crippen LogP contribution is -2.53. The third kappa shape index (κ3) is 3.56. The van der Waals surface area contributed by atoms with E-state index < -0.39 is 0 Å².